The second-order valence-corrected chi connectivity index (χ2v) is 11.6. The molecule has 6 heteroatoms. The number of aryl methyl sites for hydroxylation is 2. The van der Waals surface area contributed by atoms with Gasteiger partial charge in [0.2, 0.25) is 0 Å². The van der Waals surface area contributed by atoms with Gasteiger partial charge in [0.1, 0.15) is 12.2 Å². The summed E-state index contributed by atoms with van der Waals surface area (Å²) < 4.78 is 9.92. The summed E-state index contributed by atoms with van der Waals surface area (Å²) >= 11 is 1.66. The number of carbonyl (C=O) groups is 2. The van der Waals surface area contributed by atoms with Crippen molar-refractivity contribution in [3.05, 3.63) is 52.4 Å². The molecule has 1 N–H and O–H groups in total. The van der Waals surface area contributed by atoms with Crippen LogP contribution in [0.15, 0.2) is 36.4 Å². The van der Waals surface area contributed by atoms with Gasteiger partial charge in [-0.3, -0.25) is 10.1 Å². The first-order valence-corrected chi connectivity index (χ1v) is 14.8. The molecule has 0 atom stereocenters. The molecule has 37 heavy (non-hydrogen) atoms. The standard InChI is InChI=1S/C26H39NO2S.C5H10O2/c1-3-5-7-8-9-10-11-12-14-24-19-20-25(30-24)27-26(28)29-21-23-17-15-22(16-18-23)13-6-4-2;1-5(2,3)7-4-6/h15-20H,3-14,21H2,1-2H3,(H,27,28);4H,1-3H3. The van der Waals surface area contributed by atoms with Crippen molar-refractivity contribution in [3.8, 4) is 0 Å². The highest BCUT2D eigenvalue weighted by atomic mass is 32.1. The van der Waals surface area contributed by atoms with Crippen LogP contribution >= 0.6 is 11.3 Å². The largest absolute Gasteiger partial charge is 0.462 e. The van der Waals surface area contributed by atoms with Crippen LogP contribution in [0.4, 0.5) is 9.80 Å². The lowest BCUT2D eigenvalue weighted by atomic mass is 10.1. The number of unbranched alkanes of at least 4 members (excludes halogenated alkanes) is 8. The van der Waals surface area contributed by atoms with Crippen LogP contribution in [0.25, 0.3) is 0 Å². The van der Waals surface area contributed by atoms with Crippen molar-refractivity contribution in [2.45, 2.75) is 124 Å². The molecule has 0 fully saturated rings. The van der Waals surface area contributed by atoms with Gasteiger partial charge in [-0.25, -0.2) is 4.79 Å². The molecule has 0 aliphatic heterocycles. The molecular weight excluding hydrogens is 482 g/mol. The van der Waals surface area contributed by atoms with Crippen LogP contribution in [0, 0.1) is 0 Å². The maximum absolute atomic E-state index is 12.1. The Morgan fingerprint density at radius 3 is 1.97 bits per heavy atom. The van der Waals surface area contributed by atoms with E-state index in [1.54, 1.807) is 11.3 Å². The summed E-state index contributed by atoms with van der Waals surface area (Å²) in [7, 11) is 0. The molecular formula is C31H49NO4S. The molecule has 1 aromatic heterocycles. The number of benzene rings is 1. The maximum atomic E-state index is 12.1. The van der Waals surface area contributed by atoms with E-state index in [0.717, 1.165) is 23.4 Å². The van der Waals surface area contributed by atoms with Crippen LogP contribution in [0.1, 0.15) is 115 Å². The van der Waals surface area contributed by atoms with Gasteiger partial charge in [0.25, 0.3) is 6.47 Å². The Morgan fingerprint density at radius 2 is 1.41 bits per heavy atom. The van der Waals surface area contributed by atoms with Gasteiger partial charge < -0.3 is 9.47 Å². The van der Waals surface area contributed by atoms with Gasteiger partial charge in [-0.2, -0.15) is 0 Å². The van der Waals surface area contributed by atoms with E-state index in [9.17, 15) is 9.59 Å². The minimum absolute atomic E-state index is 0.302. The number of anilines is 1. The first-order chi connectivity index (χ1) is 17.8. The van der Waals surface area contributed by atoms with E-state index in [-0.39, 0.29) is 11.7 Å². The number of hydrogen-bond acceptors (Lipinski definition) is 5. The first-order valence-electron chi connectivity index (χ1n) is 14.0. The molecule has 0 radical (unpaired) electrons. The smallest absolute Gasteiger partial charge is 0.412 e. The molecule has 5 nitrogen and oxygen atoms in total. The topological polar surface area (TPSA) is 64.6 Å². The summed E-state index contributed by atoms with van der Waals surface area (Å²) in [6.45, 7) is 10.7. The summed E-state index contributed by atoms with van der Waals surface area (Å²) in [4.78, 5) is 23.0. The molecule has 0 bridgehead atoms. The number of thiophene rings is 1. The average Bonchev–Trinajstić information content (AvgIpc) is 3.30. The second kappa shape index (κ2) is 19.7. The van der Waals surface area contributed by atoms with Gasteiger partial charge >= 0.3 is 6.09 Å². The van der Waals surface area contributed by atoms with Crippen LogP contribution in [0.3, 0.4) is 0 Å². The summed E-state index contributed by atoms with van der Waals surface area (Å²) in [5.74, 6) is 0. The highest BCUT2D eigenvalue weighted by molar-refractivity contribution is 7.16. The monoisotopic (exact) mass is 531 g/mol. The fraction of sp³-hybridized carbons (Fsp3) is 0.613. The Labute approximate surface area is 229 Å². The fourth-order valence-electron chi connectivity index (χ4n) is 3.63. The van der Waals surface area contributed by atoms with Crippen LogP contribution in [-0.2, 0) is 33.7 Å². The van der Waals surface area contributed by atoms with Crippen molar-refractivity contribution in [1.82, 2.24) is 0 Å². The molecule has 0 saturated carbocycles. The van der Waals surface area contributed by atoms with Crippen LogP contribution < -0.4 is 5.32 Å². The summed E-state index contributed by atoms with van der Waals surface area (Å²) in [5.41, 5.74) is 2.04. The predicted octanol–water partition coefficient (Wildman–Crippen LogP) is 9.48. The van der Waals surface area contributed by atoms with E-state index in [0.29, 0.717) is 13.1 Å². The zero-order valence-electron chi connectivity index (χ0n) is 23.8. The average molecular weight is 532 g/mol. The van der Waals surface area contributed by atoms with Gasteiger partial charge in [-0.15, -0.1) is 11.3 Å². The molecule has 1 amide bonds. The Hall–Kier alpha value is -2.34. The van der Waals surface area contributed by atoms with Gasteiger partial charge in [0, 0.05) is 4.88 Å². The minimum Gasteiger partial charge on any atom is -0.462 e. The zero-order chi connectivity index (χ0) is 27.4. The number of rotatable bonds is 16. The number of carbonyl (C=O) groups excluding carboxylic acids is 2. The van der Waals surface area contributed by atoms with Crippen LogP contribution in [0.5, 0.6) is 0 Å². The predicted molar refractivity (Wildman–Crippen MR) is 156 cm³/mol. The number of nitrogens with one attached hydrogen (secondary N) is 1. The van der Waals surface area contributed by atoms with Crippen molar-refractivity contribution in [3.63, 3.8) is 0 Å². The molecule has 0 aliphatic rings. The molecule has 208 valence electrons. The quantitative estimate of drug-likeness (QED) is 0.173. The second-order valence-electron chi connectivity index (χ2n) is 10.4. The first kappa shape index (κ1) is 32.7. The molecule has 2 rings (SSSR count). The Morgan fingerprint density at radius 1 is 0.811 bits per heavy atom. The van der Waals surface area contributed by atoms with E-state index >= 15 is 0 Å². The SMILES string of the molecule is CC(C)(C)OC=O.CCCCCCCCCCc1ccc(NC(=O)OCc2ccc(CCCC)cc2)s1. The Balaban J connectivity index is 0.000000856. The normalized spacial score (nSPS) is 10.8. The molecule has 1 heterocycles. The minimum atomic E-state index is -0.384. The number of hydrogen-bond donors (Lipinski definition) is 1. The zero-order valence-corrected chi connectivity index (χ0v) is 24.6. The van der Waals surface area contributed by atoms with E-state index in [1.807, 2.05) is 39.0 Å². The Kier molecular flexibility index (Phi) is 17.4. The number of ether oxygens (including phenoxy) is 2. The van der Waals surface area contributed by atoms with Crippen molar-refractivity contribution < 1.29 is 19.1 Å². The fourth-order valence-corrected chi connectivity index (χ4v) is 4.56. The van der Waals surface area contributed by atoms with E-state index < -0.39 is 0 Å². The lowest BCUT2D eigenvalue weighted by molar-refractivity contribution is -0.138. The van der Waals surface area contributed by atoms with Crippen LogP contribution in [0.2, 0.25) is 0 Å². The summed E-state index contributed by atoms with van der Waals surface area (Å²) in [5, 5.41) is 3.72. The van der Waals surface area contributed by atoms with E-state index in [2.05, 4.69) is 42.1 Å². The van der Waals surface area contributed by atoms with Crippen molar-refractivity contribution in [2.24, 2.45) is 0 Å². The summed E-state index contributed by atoms with van der Waals surface area (Å²) in [6, 6.07) is 12.5. The van der Waals surface area contributed by atoms with Gasteiger partial charge in [0.15, 0.2) is 0 Å². The van der Waals surface area contributed by atoms with Gasteiger partial charge in [-0.1, -0.05) is 89.5 Å². The van der Waals surface area contributed by atoms with Crippen LogP contribution in [-0.4, -0.2) is 18.2 Å². The van der Waals surface area contributed by atoms with E-state index in [4.69, 9.17) is 4.74 Å². The Bertz CT molecular complexity index is 855. The number of amides is 1. The third-order valence-electron chi connectivity index (χ3n) is 5.78. The van der Waals surface area contributed by atoms with Gasteiger partial charge in [0.05, 0.1) is 5.00 Å². The molecule has 0 saturated heterocycles. The van der Waals surface area contributed by atoms with E-state index in [1.165, 1.54) is 74.6 Å². The third-order valence-corrected chi connectivity index (χ3v) is 6.84. The lowest BCUT2D eigenvalue weighted by Gasteiger charge is -2.14. The van der Waals surface area contributed by atoms with Gasteiger partial charge in [-0.05, 0) is 69.7 Å². The van der Waals surface area contributed by atoms with Crippen molar-refractivity contribution >= 4 is 28.9 Å². The van der Waals surface area contributed by atoms with Crippen molar-refractivity contribution in [1.29, 1.82) is 0 Å². The lowest BCUT2D eigenvalue weighted by Crippen LogP contribution is -2.17. The summed E-state index contributed by atoms with van der Waals surface area (Å²) in [6.07, 6.45) is 14.9. The highest BCUT2D eigenvalue weighted by Gasteiger charge is 2.08. The molecule has 0 spiro atoms. The van der Waals surface area contributed by atoms with Crippen molar-refractivity contribution in [2.75, 3.05) is 5.32 Å². The maximum Gasteiger partial charge on any atom is 0.412 e. The third kappa shape index (κ3) is 17.7. The molecule has 2 aromatic rings. The highest BCUT2D eigenvalue weighted by Crippen LogP contribution is 2.24. The molecule has 0 aliphatic carbocycles. The molecule has 0 unspecified atom stereocenters. The molecule has 1 aromatic carbocycles.